The average Bonchev–Trinajstić information content (AvgIpc) is 3.11. The predicted octanol–water partition coefficient (Wildman–Crippen LogP) is 2.05. The Morgan fingerprint density at radius 1 is 1.50 bits per heavy atom. The second-order valence-corrected chi connectivity index (χ2v) is 7.20. The molecule has 2 fully saturated rings. The van der Waals surface area contributed by atoms with Crippen LogP contribution in [0, 0.1) is 5.41 Å². The molecule has 6 nitrogen and oxygen atoms in total. The van der Waals surface area contributed by atoms with Gasteiger partial charge in [-0.15, -0.1) is 0 Å². The largest absolute Gasteiger partial charge is 0.375 e. The van der Waals surface area contributed by atoms with Crippen LogP contribution >= 0.6 is 0 Å². The lowest BCUT2D eigenvalue weighted by molar-refractivity contribution is -0.134. The van der Waals surface area contributed by atoms with Gasteiger partial charge in [-0.3, -0.25) is 4.79 Å². The predicted molar refractivity (Wildman–Crippen MR) is 92.8 cm³/mol. The van der Waals surface area contributed by atoms with Crippen LogP contribution in [0.2, 0.25) is 0 Å². The lowest BCUT2D eigenvalue weighted by atomic mass is 9.93. The van der Waals surface area contributed by atoms with Crippen LogP contribution in [0.15, 0.2) is 12.4 Å². The molecular formula is C18H28F2N4O2. The second kappa shape index (κ2) is 8.43. The molecule has 1 aliphatic heterocycles. The van der Waals surface area contributed by atoms with E-state index >= 15 is 0 Å². The highest BCUT2D eigenvalue weighted by molar-refractivity contribution is 5.77. The van der Waals surface area contributed by atoms with Gasteiger partial charge in [0.25, 0.3) is 6.43 Å². The minimum absolute atomic E-state index is 0.0309. The fraction of sp³-hybridized carbons (Fsp3) is 0.778. The highest BCUT2D eigenvalue weighted by Gasteiger charge is 2.57. The number of aromatic nitrogens is 2. The lowest BCUT2D eigenvalue weighted by Gasteiger charge is -2.29. The summed E-state index contributed by atoms with van der Waals surface area (Å²) in [6.45, 7) is 4.69. The van der Waals surface area contributed by atoms with Crippen molar-refractivity contribution in [1.82, 2.24) is 19.8 Å². The van der Waals surface area contributed by atoms with E-state index in [1.807, 2.05) is 22.6 Å². The van der Waals surface area contributed by atoms with Crippen LogP contribution in [0.5, 0.6) is 0 Å². The van der Waals surface area contributed by atoms with Crippen LogP contribution in [0.25, 0.3) is 0 Å². The highest BCUT2D eigenvalue weighted by atomic mass is 19.3. The van der Waals surface area contributed by atoms with E-state index < -0.39 is 13.0 Å². The molecule has 0 aromatic carbocycles. The maximum absolute atomic E-state index is 12.8. The van der Waals surface area contributed by atoms with Gasteiger partial charge in [-0.05, 0) is 44.7 Å². The molecule has 2 aliphatic rings. The summed E-state index contributed by atoms with van der Waals surface area (Å²) in [6, 6.07) is 0.217. The zero-order valence-electron chi connectivity index (χ0n) is 15.3. The zero-order valence-corrected chi connectivity index (χ0v) is 15.3. The molecule has 2 heterocycles. The molecule has 8 heteroatoms. The monoisotopic (exact) mass is 370 g/mol. The number of imidazole rings is 1. The first-order valence-corrected chi connectivity index (χ1v) is 9.42. The van der Waals surface area contributed by atoms with Gasteiger partial charge in [0, 0.05) is 25.0 Å². The van der Waals surface area contributed by atoms with Crippen molar-refractivity contribution in [3.05, 3.63) is 18.2 Å². The van der Waals surface area contributed by atoms with Crippen LogP contribution in [0.3, 0.4) is 0 Å². The zero-order chi connectivity index (χ0) is 18.6. The van der Waals surface area contributed by atoms with Crippen molar-refractivity contribution in [3.63, 3.8) is 0 Å². The van der Waals surface area contributed by atoms with Gasteiger partial charge in [0.05, 0.1) is 19.6 Å². The highest BCUT2D eigenvalue weighted by Crippen LogP contribution is 2.56. The van der Waals surface area contributed by atoms with E-state index in [9.17, 15) is 13.6 Å². The number of carbonyl (C=O) groups is 1. The normalized spacial score (nSPS) is 21.3. The van der Waals surface area contributed by atoms with Crippen molar-refractivity contribution in [2.75, 3.05) is 26.3 Å². The number of rotatable bonds is 9. The molecule has 1 aromatic rings. The first-order valence-electron chi connectivity index (χ1n) is 9.42. The Balaban J connectivity index is 1.65. The third-order valence-corrected chi connectivity index (χ3v) is 5.60. The van der Waals surface area contributed by atoms with E-state index in [0.717, 1.165) is 44.7 Å². The summed E-state index contributed by atoms with van der Waals surface area (Å²) in [6.07, 6.45) is 4.46. The molecule has 1 saturated carbocycles. The first-order chi connectivity index (χ1) is 12.6. The molecule has 146 valence electrons. The molecule has 26 heavy (non-hydrogen) atoms. The summed E-state index contributed by atoms with van der Waals surface area (Å²) >= 11 is 0. The van der Waals surface area contributed by atoms with Crippen molar-refractivity contribution in [1.29, 1.82) is 0 Å². The van der Waals surface area contributed by atoms with Gasteiger partial charge >= 0.3 is 0 Å². The molecule has 1 saturated heterocycles. The summed E-state index contributed by atoms with van der Waals surface area (Å²) in [5.41, 5.74) is 0.217. The molecule has 1 unspecified atom stereocenters. The lowest BCUT2D eigenvalue weighted by Crippen LogP contribution is -2.40. The van der Waals surface area contributed by atoms with Crippen LogP contribution < -0.4 is 5.32 Å². The standard InChI is InChI=1S/C18H28F2N4O2/c1-2-23-9-8-22-16(23)12-24(17(25)3-10-26-13-15(19)20)14-11-18(14)4-6-21-7-5-18/h8-9,14-15,21H,2-7,10-13H2,1H3. The number of amides is 1. The van der Waals surface area contributed by atoms with Crippen molar-refractivity contribution < 1.29 is 18.3 Å². The number of hydrogen-bond donors (Lipinski definition) is 1. The summed E-state index contributed by atoms with van der Waals surface area (Å²) in [5.74, 6) is 0.829. The molecule has 1 N–H and O–H groups in total. The molecule has 1 atom stereocenters. The molecule has 1 aromatic heterocycles. The number of ether oxygens (including phenoxy) is 1. The van der Waals surface area contributed by atoms with E-state index in [0.29, 0.717) is 6.54 Å². The van der Waals surface area contributed by atoms with Crippen LogP contribution in [0.4, 0.5) is 8.78 Å². The number of halogens is 2. The summed E-state index contributed by atoms with van der Waals surface area (Å²) in [7, 11) is 0. The van der Waals surface area contributed by atoms with E-state index in [2.05, 4.69) is 10.3 Å². The average molecular weight is 370 g/mol. The molecule has 1 amide bonds. The molecule has 0 bridgehead atoms. The van der Waals surface area contributed by atoms with E-state index in [-0.39, 0.29) is 30.4 Å². The number of nitrogens with zero attached hydrogens (tertiary/aromatic N) is 3. The number of carbonyl (C=O) groups excluding carboxylic acids is 1. The molecule has 3 rings (SSSR count). The summed E-state index contributed by atoms with van der Waals surface area (Å²) in [5, 5.41) is 3.37. The Morgan fingerprint density at radius 2 is 2.27 bits per heavy atom. The third-order valence-electron chi connectivity index (χ3n) is 5.60. The van der Waals surface area contributed by atoms with Gasteiger partial charge in [-0.1, -0.05) is 0 Å². The van der Waals surface area contributed by atoms with Crippen LogP contribution in [-0.2, 0) is 22.6 Å². The number of nitrogens with one attached hydrogen (secondary N) is 1. The van der Waals surface area contributed by atoms with Crippen LogP contribution in [-0.4, -0.2) is 59.1 Å². The number of aryl methyl sites for hydroxylation is 1. The van der Waals surface area contributed by atoms with Gasteiger partial charge in [-0.2, -0.15) is 0 Å². The van der Waals surface area contributed by atoms with Crippen molar-refractivity contribution in [3.8, 4) is 0 Å². The Kier molecular flexibility index (Phi) is 6.24. The first kappa shape index (κ1) is 19.2. The van der Waals surface area contributed by atoms with Crippen molar-refractivity contribution in [2.24, 2.45) is 5.41 Å². The number of hydrogen-bond acceptors (Lipinski definition) is 4. The SMILES string of the molecule is CCn1ccnc1CN(C(=O)CCOCC(F)F)C1CC12CCNCC2. The topological polar surface area (TPSA) is 59.4 Å². The van der Waals surface area contributed by atoms with Gasteiger partial charge in [0.2, 0.25) is 5.91 Å². The fourth-order valence-corrected chi connectivity index (χ4v) is 4.01. The van der Waals surface area contributed by atoms with Gasteiger partial charge in [0.15, 0.2) is 0 Å². The fourth-order valence-electron chi connectivity index (χ4n) is 4.01. The molecule has 0 radical (unpaired) electrons. The van der Waals surface area contributed by atoms with E-state index in [4.69, 9.17) is 4.74 Å². The Bertz CT molecular complexity index is 602. The van der Waals surface area contributed by atoms with Crippen molar-refractivity contribution >= 4 is 5.91 Å². The van der Waals surface area contributed by atoms with E-state index in [1.54, 1.807) is 6.20 Å². The van der Waals surface area contributed by atoms with Crippen molar-refractivity contribution in [2.45, 2.75) is 58.2 Å². The Morgan fingerprint density at radius 3 is 2.96 bits per heavy atom. The third kappa shape index (κ3) is 4.40. The van der Waals surface area contributed by atoms with Crippen LogP contribution in [0.1, 0.15) is 38.4 Å². The second-order valence-electron chi connectivity index (χ2n) is 7.20. The maximum atomic E-state index is 12.8. The quantitative estimate of drug-likeness (QED) is 0.676. The number of alkyl halides is 2. The van der Waals surface area contributed by atoms with Gasteiger partial charge in [0.1, 0.15) is 12.4 Å². The maximum Gasteiger partial charge on any atom is 0.261 e. The van der Waals surface area contributed by atoms with Gasteiger partial charge < -0.3 is 19.5 Å². The van der Waals surface area contributed by atoms with Gasteiger partial charge in [-0.25, -0.2) is 13.8 Å². The summed E-state index contributed by atoms with van der Waals surface area (Å²) in [4.78, 5) is 19.1. The molecule has 1 aliphatic carbocycles. The smallest absolute Gasteiger partial charge is 0.261 e. The molecular weight excluding hydrogens is 342 g/mol. The Labute approximate surface area is 152 Å². The molecule has 1 spiro atoms. The number of piperidine rings is 1. The minimum atomic E-state index is -2.50. The summed E-state index contributed by atoms with van der Waals surface area (Å²) < 4.78 is 31.3. The minimum Gasteiger partial charge on any atom is -0.375 e. The Hall–Kier alpha value is -1.54. The van der Waals surface area contributed by atoms with E-state index in [1.165, 1.54) is 0 Å².